The highest BCUT2D eigenvalue weighted by Crippen LogP contribution is 2.35. The fourth-order valence-electron chi connectivity index (χ4n) is 3.23. The molecule has 0 radical (unpaired) electrons. The molecule has 0 bridgehead atoms. The molecule has 0 saturated carbocycles. The fraction of sp³-hybridized carbons (Fsp3) is 0.643. The predicted octanol–water partition coefficient (Wildman–Crippen LogP) is 0.769. The second kappa shape index (κ2) is 6.58. The quantitative estimate of drug-likeness (QED) is 0.858. The first kappa shape index (κ1) is 17.6. The maximum atomic E-state index is 13.1. The van der Waals surface area contributed by atoms with Crippen molar-refractivity contribution < 1.29 is 21.6 Å². The molecule has 0 amide bonds. The molecule has 2 fully saturated rings. The van der Waals surface area contributed by atoms with Crippen LogP contribution in [-0.4, -0.2) is 67.9 Å². The summed E-state index contributed by atoms with van der Waals surface area (Å²) in [5, 5.41) is 3.22. The summed E-state index contributed by atoms with van der Waals surface area (Å²) in [7, 11) is -4.22. The van der Waals surface area contributed by atoms with Gasteiger partial charge in [0.15, 0.2) is 0 Å². The van der Waals surface area contributed by atoms with E-state index >= 15 is 0 Å². The molecule has 1 atom stereocenters. The molecule has 2 saturated heterocycles. The van der Waals surface area contributed by atoms with Gasteiger partial charge in [-0.25, -0.2) is 8.42 Å². The molecule has 0 spiro atoms. The van der Waals surface area contributed by atoms with E-state index in [2.05, 4.69) is 15.2 Å². The molecule has 1 aromatic rings. The molecule has 3 heterocycles. The Kier molecular flexibility index (Phi) is 4.82. The zero-order valence-corrected chi connectivity index (χ0v) is 13.8. The lowest BCUT2D eigenvalue weighted by atomic mass is 10.2. The first-order valence-corrected chi connectivity index (χ1v) is 9.20. The predicted molar refractivity (Wildman–Crippen MR) is 80.8 cm³/mol. The van der Waals surface area contributed by atoms with Crippen molar-refractivity contribution >= 4 is 10.0 Å². The van der Waals surface area contributed by atoms with Gasteiger partial charge in [-0.2, -0.15) is 17.5 Å². The Hall–Kier alpha value is -1.23. The average Bonchev–Trinajstić information content (AvgIpc) is 3.06. The van der Waals surface area contributed by atoms with E-state index in [0.29, 0.717) is 12.5 Å². The number of nitrogens with zero attached hydrogens (tertiary/aromatic N) is 3. The van der Waals surface area contributed by atoms with Crippen LogP contribution in [0.3, 0.4) is 0 Å². The van der Waals surface area contributed by atoms with E-state index in [9.17, 15) is 21.6 Å². The third-order valence-electron chi connectivity index (χ3n) is 4.50. The lowest BCUT2D eigenvalue weighted by Gasteiger charge is -2.32. The first-order valence-electron chi connectivity index (χ1n) is 7.76. The van der Waals surface area contributed by atoms with Gasteiger partial charge >= 0.3 is 6.18 Å². The summed E-state index contributed by atoms with van der Waals surface area (Å²) in [5.74, 6) is 0. The van der Waals surface area contributed by atoms with E-state index in [1.165, 1.54) is 0 Å². The first-order chi connectivity index (χ1) is 11.3. The largest absolute Gasteiger partial charge is 0.417 e. The molecule has 2 aliphatic heterocycles. The highest BCUT2D eigenvalue weighted by molar-refractivity contribution is 7.89. The number of halogens is 3. The van der Waals surface area contributed by atoms with E-state index in [4.69, 9.17) is 0 Å². The summed E-state index contributed by atoms with van der Waals surface area (Å²) >= 11 is 0. The van der Waals surface area contributed by atoms with Gasteiger partial charge in [-0.1, -0.05) is 0 Å². The summed E-state index contributed by atoms with van der Waals surface area (Å²) in [6.45, 7) is 3.75. The number of aromatic nitrogens is 1. The second-order valence-corrected chi connectivity index (χ2v) is 7.87. The normalized spacial score (nSPS) is 24.4. The van der Waals surface area contributed by atoms with Crippen molar-refractivity contribution in [1.82, 2.24) is 19.5 Å². The van der Waals surface area contributed by atoms with Crippen LogP contribution in [0.2, 0.25) is 0 Å². The maximum Gasteiger partial charge on any atom is 0.417 e. The lowest BCUT2D eigenvalue weighted by Crippen LogP contribution is -2.49. The number of hydrogen-bond donors (Lipinski definition) is 1. The minimum absolute atomic E-state index is 0.0490. The van der Waals surface area contributed by atoms with E-state index in [1.807, 2.05) is 0 Å². The van der Waals surface area contributed by atoms with Crippen LogP contribution >= 0.6 is 0 Å². The lowest BCUT2D eigenvalue weighted by molar-refractivity contribution is -0.140. The smallest absolute Gasteiger partial charge is 0.314 e. The molecule has 134 valence electrons. The summed E-state index contributed by atoms with van der Waals surface area (Å²) in [5.41, 5.74) is -1.16. The minimum atomic E-state index is -4.73. The van der Waals surface area contributed by atoms with Gasteiger partial charge < -0.3 is 5.32 Å². The maximum absolute atomic E-state index is 13.1. The average molecular weight is 364 g/mol. The number of rotatable bonds is 3. The summed E-state index contributed by atoms with van der Waals surface area (Å²) in [6.07, 6.45) is -2.37. The van der Waals surface area contributed by atoms with Crippen molar-refractivity contribution in [3.05, 3.63) is 24.0 Å². The summed E-state index contributed by atoms with van der Waals surface area (Å²) < 4.78 is 65.8. The standard InChI is InChI=1S/C14H19F3N4O2S/c15-14(16,17)12-1-3-19-9-13(12)24(22,23)21-6-2-11(10-21)20-7-4-18-5-8-20/h1,3,9,11,18H,2,4-8,10H2. The van der Waals surface area contributed by atoms with Gasteiger partial charge in [0.2, 0.25) is 10.0 Å². The van der Waals surface area contributed by atoms with E-state index in [0.717, 1.165) is 42.9 Å². The topological polar surface area (TPSA) is 65.5 Å². The number of pyridine rings is 1. The van der Waals surface area contributed by atoms with Crippen LogP contribution in [0.25, 0.3) is 0 Å². The van der Waals surface area contributed by atoms with Crippen LogP contribution in [0.15, 0.2) is 23.4 Å². The van der Waals surface area contributed by atoms with Gasteiger partial charge in [-0.05, 0) is 12.5 Å². The number of piperazine rings is 1. The van der Waals surface area contributed by atoms with Crippen LogP contribution in [0.4, 0.5) is 13.2 Å². The number of hydrogen-bond acceptors (Lipinski definition) is 5. The molecule has 24 heavy (non-hydrogen) atoms. The van der Waals surface area contributed by atoms with Crippen molar-refractivity contribution in [3.8, 4) is 0 Å². The molecule has 10 heteroatoms. The minimum Gasteiger partial charge on any atom is -0.314 e. The van der Waals surface area contributed by atoms with Crippen LogP contribution in [-0.2, 0) is 16.2 Å². The van der Waals surface area contributed by atoms with Crippen molar-refractivity contribution in [3.63, 3.8) is 0 Å². The van der Waals surface area contributed by atoms with Crippen molar-refractivity contribution in [2.75, 3.05) is 39.3 Å². The molecule has 3 rings (SSSR count). The van der Waals surface area contributed by atoms with Gasteiger partial charge in [0.05, 0.1) is 5.56 Å². The fourth-order valence-corrected chi connectivity index (χ4v) is 4.88. The van der Waals surface area contributed by atoms with Gasteiger partial charge in [0.1, 0.15) is 4.90 Å². The third-order valence-corrected chi connectivity index (χ3v) is 6.39. The van der Waals surface area contributed by atoms with Crippen molar-refractivity contribution in [2.45, 2.75) is 23.5 Å². The Bertz CT molecular complexity index is 690. The van der Waals surface area contributed by atoms with Crippen LogP contribution in [0, 0.1) is 0 Å². The molecule has 2 aliphatic rings. The van der Waals surface area contributed by atoms with Crippen molar-refractivity contribution in [1.29, 1.82) is 0 Å². The molecule has 0 aliphatic carbocycles. The Morgan fingerprint density at radius 2 is 1.92 bits per heavy atom. The molecule has 1 unspecified atom stereocenters. The van der Waals surface area contributed by atoms with Gasteiger partial charge in [-0.3, -0.25) is 9.88 Å². The summed E-state index contributed by atoms with van der Waals surface area (Å²) in [6, 6.07) is 0.754. The molecule has 0 aromatic carbocycles. The van der Waals surface area contributed by atoms with E-state index < -0.39 is 26.7 Å². The molecular formula is C14H19F3N4O2S. The zero-order chi connectivity index (χ0) is 17.4. The van der Waals surface area contributed by atoms with Crippen LogP contribution in [0.5, 0.6) is 0 Å². The SMILES string of the molecule is O=S(=O)(c1cnccc1C(F)(F)F)N1CCC(N2CCNCC2)C1. The Labute approximate surface area is 138 Å². The third kappa shape index (κ3) is 3.41. The Balaban J connectivity index is 1.82. The molecular weight excluding hydrogens is 345 g/mol. The summed E-state index contributed by atoms with van der Waals surface area (Å²) in [4.78, 5) is 5.01. The van der Waals surface area contributed by atoms with Crippen molar-refractivity contribution in [2.24, 2.45) is 0 Å². The number of alkyl halides is 3. The van der Waals surface area contributed by atoms with E-state index in [1.54, 1.807) is 0 Å². The van der Waals surface area contributed by atoms with Gasteiger partial charge in [0.25, 0.3) is 0 Å². The van der Waals surface area contributed by atoms with Crippen LogP contribution < -0.4 is 5.32 Å². The molecule has 1 N–H and O–H groups in total. The Morgan fingerprint density at radius 3 is 2.58 bits per heavy atom. The molecule has 6 nitrogen and oxygen atoms in total. The molecule has 1 aromatic heterocycles. The van der Waals surface area contributed by atoms with Gasteiger partial charge in [-0.15, -0.1) is 0 Å². The van der Waals surface area contributed by atoms with Crippen LogP contribution in [0.1, 0.15) is 12.0 Å². The Morgan fingerprint density at radius 1 is 1.21 bits per heavy atom. The second-order valence-electron chi connectivity index (χ2n) is 5.96. The number of sulfonamides is 1. The monoisotopic (exact) mass is 364 g/mol. The highest BCUT2D eigenvalue weighted by atomic mass is 32.2. The number of nitrogens with one attached hydrogen (secondary N) is 1. The van der Waals surface area contributed by atoms with Gasteiger partial charge in [0, 0.05) is 57.7 Å². The highest BCUT2D eigenvalue weighted by Gasteiger charge is 2.41. The zero-order valence-electron chi connectivity index (χ0n) is 13.0. The van der Waals surface area contributed by atoms with E-state index in [-0.39, 0.29) is 19.1 Å².